The van der Waals surface area contributed by atoms with Gasteiger partial charge in [0, 0.05) is 25.4 Å². The van der Waals surface area contributed by atoms with Crippen molar-refractivity contribution in [2.75, 3.05) is 26.8 Å². The Labute approximate surface area is 143 Å². The summed E-state index contributed by atoms with van der Waals surface area (Å²) < 4.78 is 10.1. The van der Waals surface area contributed by atoms with Crippen LogP contribution in [0.25, 0.3) is 0 Å². The number of hydrogen-bond donors (Lipinski definition) is 0. The number of carbonyl (C=O) groups is 2. The number of carbonyl (C=O) groups excluding carboxylic acids is 2. The predicted octanol–water partition coefficient (Wildman–Crippen LogP) is 3.13. The molecule has 1 aliphatic rings. The fourth-order valence-corrected chi connectivity index (χ4v) is 3.12. The summed E-state index contributed by atoms with van der Waals surface area (Å²) >= 11 is 0. The highest BCUT2D eigenvalue weighted by molar-refractivity contribution is 5.81. The molecule has 1 fully saturated rings. The van der Waals surface area contributed by atoms with Gasteiger partial charge in [0.25, 0.3) is 0 Å². The van der Waals surface area contributed by atoms with E-state index in [0.717, 1.165) is 31.6 Å². The summed E-state index contributed by atoms with van der Waals surface area (Å²) in [6, 6.07) is 8.09. The molecule has 1 heterocycles. The van der Waals surface area contributed by atoms with Gasteiger partial charge < -0.3 is 14.4 Å². The molecule has 0 spiro atoms. The summed E-state index contributed by atoms with van der Waals surface area (Å²) in [6.45, 7) is 3.62. The van der Waals surface area contributed by atoms with Crippen molar-refractivity contribution >= 4 is 11.9 Å². The van der Waals surface area contributed by atoms with E-state index in [2.05, 4.69) is 12.1 Å². The van der Waals surface area contributed by atoms with Crippen molar-refractivity contribution in [1.82, 2.24) is 4.90 Å². The molecule has 1 atom stereocenters. The fourth-order valence-electron chi connectivity index (χ4n) is 3.12. The van der Waals surface area contributed by atoms with Crippen LogP contribution in [0.4, 0.5) is 0 Å². The molecule has 132 valence electrons. The van der Waals surface area contributed by atoms with E-state index in [0.29, 0.717) is 19.1 Å². The number of esters is 1. The minimum atomic E-state index is -0.299. The van der Waals surface area contributed by atoms with Gasteiger partial charge in [-0.2, -0.15) is 0 Å². The SMILES string of the molecule is CCOC(=O)CCC(=O)N1CCCC[C@H](c2ccc(OC)cc2)C1. The Hall–Kier alpha value is -2.04. The third kappa shape index (κ3) is 5.25. The van der Waals surface area contributed by atoms with E-state index in [4.69, 9.17) is 9.47 Å². The molecule has 1 amide bonds. The molecule has 0 N–H and O–H groups in total. The normalized spacial score (nSPS) is 17.9. The molecule has 5 nitrogen and oxygen atoms in total. The van der Waals surface area contributed by atoms with E-state index in [1.807, 2.05) is 17.0 Å². The predicted molar refractivity (Wildman–Crippen MR) is 92.0 cm³/mol. The summed E-state index contributed by atoms with van der Waals surface area (Å²) in [7, 11) is 1.66. The molecule has 0 aromatic heterocycles. The molecule has 0 unspecified atom stereocenters. The Bertz CT molecular complexity index is 541. The first kappa shape index (κ1) is 18.3. The van der Waals surface area contributed by atoms with Crippen molar-refractivity contribution < 1.29 is 19.1 Å². The standard InChI is InChI=1S/C19H27NO4/c1-3-24-19(22)12-11-18(21)20-13-5-4-6-16(14-20)15-7-9-17(23-2)10-8-15/h7-10,16H,3-6,11-14H2,1-2H3/t16-/m0/s1. The van der Waals surface area contributed by atoms with Gasteiger partial charge in [0.15, 0.2) is 0 Å². The zero-order valence-electron chi connectivity index (χ0n) is 14.6. The fraction of sp³-hybridized carbons (Fsp3) is 0.579. The third-order valence-electron chi connectivity index (χ3n) is 4.46. The lowest BCUT2D eigenvalue weighted by atomic mass is 9.94. The molecule has 5 heteroatoms. The molecule has 1 aromatic rings. The summed E-state index contributed by atoms with van der Waals surface area (Å²) in [4.78, 5) is 25.8. The number of likely N-dealkylation sites (tertiary alicyclic amines) is 1. The molecule has 0 radical (unpaired) electrons. The molecular formula is C19H27NO4. The van der Waals surface area contributed by atoms with E-state index in [1.54, 1.807) is 14.0 Å². The van der Waals surface area contributed by atoms with E-state index in [-0.39, 0.29) is 24.7 Å². The molecule has 0 saturated carbocycles. The van der Waals surface area contributed by atoms with Gasteiger partial charge in [0.05, 0.1) is 20.1 Å². The second kappa shape index (κ2) is 9.30. The minimum Gasteiger partial charge on any atom is -0.497 e. The highest BCUT2D eigenvalue weighted by Gasteiger charge is 2.23. The van der Waals surface area contributed by atoms with E-state index >= 15 is 0 Å². The highest BCUT2D eigenvalue weighted by Crippen LogP contribution is 2.28. The van der Waals surface area contributed by atoms with E-state index < -0.39 is 0 Å². The maximum atomic E-state index is 12.4. The average Bonchev–Trinajstić information content (AvgIpc) is 2.86. The van der Waals surface area contributed by atoms with Crippen LogP contribution in [0.15, 0.2) is 24.3 Å². The number of amides is 1. The molecule has 1 aromatic carbocycles. The van der Waals surface area contributed by atoms with E-state index in [1.165, 1.54) is 5.56 Å². The lowest BCUT2D eigenvalue weighted by molar-refractivity contribution is -0.145. The first-order valence-electron chi connectivity index (χ1n) is 8.71. The van der Waals surface area contributed by atoms with Gasteiger partial charge in [0.1, 0.15) is 5.75 Å². The second-order valence-corrected chi connectivity index (χ2v) is 6.11. The van der Waals surface area contributed by atoms with Crippen LogP contribution in [0.2, 0.25) is 0 Å². The molecule has 0 bridgehead atoms. The summed E-state index contributed by atoms with van der Waals surface area (Å²) in [5, 5.41) is 0. The van der Waals surface area contributed by atoms with Gasteiger partial charge >= 0.3 is 5.97 Å². The Morgan fingerprint density at radius 3 is 2.58 bits per heavy atom. The molecule has 0 aliphatic carbocycles. The zero-order chi connectivity index (χ0) is 17.4. The van der Waals surface area contributed by atoms with Crippen LogP contribution in [-0.2, 0) is 14.3 Å². The number of rotatable bonds is 6. The Balaban J connectivity index is 1.95. The van der Waals surface area contributed by atoms with Crippen molar-refractivity contribution in [1.29, 1.82) is 0 Å². The smallest absolute Gasteiger partial charge is 0.306 e. The van der Waals surface area contributed by atoms with Crippen molar-refractivity contribution in [3.05, 3.63) is 29.8 Å². The van der Waals surface area contributed by atoms with Crippen LogP contribution < -0.4 is 4.74 Å². The van der Waals surface area contributed by atoms with Crippen molar-refractivity contribution in [2.45, 2.75) is 44.9 Å². The monoisotopic (exact) mass is 333 g/mol. The zero-order valence-corrected chi connectivity index (χ0v) is 14.6. The lowest BCUT2D eigenvalue weighted by Gasteiger charge is -2.25. The molecular weight excluding hydrogens is 306 g/mol. The third-order valence-corrected chi connectivity index (χ3v) is 4.46. The molecule has 24 heavy (non-hydrogen) atoms. The maximum Gasteiger partial charge on any atom is 0.306 e. The van der Waals surface area contributed by atoms with Gasteiger partial charge in [-0.3, -0.25) is 9.59 Å². The van der Waals surface area contributed by atoms with Crippen LogP contribution in [0.5, 0.6) is 5.75 Å². The summed E-state index contributed by atoms with van der Waals surface area (Å²) in [6.07, 6.45) is 3.59. The number of hydrogen-bond acceptors (Lipinski definition) is 4. The lowest BCUT2D eigenvalue weighted by Crippen LogP contribution is -2.34. The van der Waals surface area contributed by atoms with Gasteiger partial charge in [-0.1, -0.05) is 18.6 Å². The van der Waals surface area contributed by atoms with Gasteiger partial charge in [-0.05, 0) is 37.5 Å². The number of ether oxygens (including phenoxy) is 2. The highest BCUT2D eigenvalue weighted by atomic mass is 16.5. The van der Waals surface area contributed by atoms with Crippen LogP contribution in [0.3, 0.4) is 0 Å². The van der Waals surface area contributed by atoms with Crippen LogP contribution in [-0.4, -0.2) is 43.6 Å². The first-order chi connectivity index (χ1) is 11.6. The van der Waals surface area contributed by atoms with Gasteiger partial charge in [-0.15, -0.1) is 0 Å². The number of methoxy groups -OCH3 is 1. The van der Waals surface area contributed by atoms with Crippen LogP contribution in [0.1, 0.15) is 50.5 Å². The average molecular weight is 333 g/mol. The largest absolute Gasteiger partial charge is 0.497 e. The van der Waals surface area contributed by atoms with Crippen molar-refractivity contribution in [3.8, 4) is 5.75 Å². The molecule has 2 rings (SSSR count). The van der Waals surface area contributed by atoms with E-state index in [9.17, 15) is 9.59 Å². The number of benzene rings is 1. The van der Waals surface area contributed by atoms with Gasteiger partial charge in [-0.25, -0.2) is 0 Å². The Morgan fingerprint density at radius 1 is 1.17 bits per heavy atom. The Morgan fingerprint density at radius 2 is 1.92 bits per heavy atom. The Kier molecular flexibility index (Phi) is 7.09. The molecule has 1 saturated heterocycles. The summed E-state index contributed by atoms with van der Waals surface area (Å²) in [5.41, 5.74) is 1.24. The van der Waals surface area contributed by atoms with Gasteiger partial charge in [0.2, 0.25) is 5.91 Å². The van der Waals surface area contributed by atoms with Crippen molar-refractivity contribution in [2.24, 2.45) is 0 Å². The van der Waals surface area contributed by atoms with Crippen LogP contribution >= 0.6 is 0 Å². The quantitative estimate of drug-likeness (QED) is 0.751. The number of nitrogens with zero attached hydrogens (tertiary/aromatic N) is 1. The minimum absolute atomic E-state index is 0.0449. The topological polar surface area (TPSA) is 55.8 Å². The maximum absolute atomic E-state index is 12.4. The molecule has 1 aliphatic heterocycles. The summed E-state index contributed by atoms with van der Waals surface area (Å²) in [5.74, 6) is 0.926. The van der Waals surface area contributed by atoms with Crippen molar-refractivity contribution in [3.63, 3.8) is 0 Å². The van der Waals surface area contributed by atoms with Crippen LogP contribution in [0, 0.1) is 0 Å². The first-order valence-corrected chi connectivity index (χ1v) is 8.71. The second-order valence-electron chi connectivity index (χ2n) is 6.11.